The lowest BCUT2D eigenvalue weighted by atomic mass is 10.2. The summed E-state index contributed by atoms with van der Waals surface area (Å²) in [6, 6.07) is 11.3. The summed E-state index contributed by atoms with van der Waals surface area (Å²) in [5, 5.41) is 4.62. The molecule has 3 rings (SSSR count). The summed E-state index contributed by atoms with van der Waals surface area (Å²) in [6.45, 7) is 6.17. The standard InChI is InChI=1S/C23H28Cl2N2O3.ClH/c1-2-29-22-13-17(15-26-10-4-12-27-11-3-5-23(27)28)6-9-21(22)30-16-18-7-8-19(24)14-20(18)25;/h6-9,13-14,26H,2-5,10-12,15-16H2,1H3;1H. The molecule has 2 aromatic carbocycles. The molecule has 1 heterocycles. The van der Waals surface area contributed by atoms with Gasteiger partial charge in [-0.25, -0.2) is 0 Å². The summed E-state index contributed by atoms with van der Waals surface area (Å²) in [6.07, 6.45) is 2.64. The molecular formula is C23H29Cl3N2O3. The molecular weight excluding hydrogens is 459 g/mol. The lowest BCUT2D eigenvalue weighted by molar-refractivity contribution is -0.127. The lowest BCUT2D eigenvalue weighted by Crippen LogP contribution is -2.28. The fourth-order valence-electron chi connectivity index (χ4n) is 3.41. The van der Waals surface area contributed by atoms with Gasteiger partial charge in [0, 0.05) is 41.7 Å². The fraction of sp³-hybridized carbons (Fsp3) is 0.435. The van der Waals surface area contributed by atoms with Gasteiger partial charge < -0.3 is 19.7 Å². The van der Waals surface area contributed by atoms with Crippen LogP contribution in [0.1, 0.15) is 37.3 Å². The summed E-state index contributed by atoms with van der Waals surface area (Å²) < 4.78 is 11.7. The van der Waals surface area contributed by atoms with E-state index in [9.17, 15) is 4.79 Å². The molecule has 1 fully saturated rings. The molecule has 0 saturated carbocycles. The summed E-state index contributed by atoms with van der Waals surface area (Å²) >= 11 is 12.2. The van der Waals surface area contributed by atoms with E-state index in [0.29, 0.717) is 41.2 Å². The number of carbonyl (C=O) groups is 1. The third-order valence-corrected chi connectivity index (χ3v) is 5.58. The maximum atomic E-state index is 11.6. The normalized spacial score (nSPS) is 13.3. The van der Waals surface area contributed by atoms with Gasteiger partial charge in [-0.2, -0.15) is 0 Å². The molecule has 1 aliphatic heterocycles. The van der Waals surface area contributed by atoms with E-state index in [4.69, 9.17) is 32.7 Å². The van der Waals surface area contributed by atoms with E-state index in [1.54, 1.807) is 12.1 Å². The van der Waals surface area contributed by atoms with Gasteiger partial charge in [0.05, 0.1) is 6.61 Å². The first-order valence-corrected chi connectivity index (χ1v) is 11.1. The van der Waals surface area contributed by atoms with Crippen molar-refractivity contribution in [2.45, 2.75) is 39.3 Å². The van der Waals surface area contributed by atoms with Gasteiger partial charge in [0.25, 0.3) is 0 Å². The van der Waals surface area contributed by atoms with Crippen LogP contribution in [0.5, 0.6) is 11.5 Å². The zero-order valence-electron chi connectivity index (χ0n) is 17.7. The predicted octanol–water partition coefficient (Wildman–Crippen LogP) is 5.50. The van der Waals surface area contributed by atoms with E-state index in [2.05, 4.69) is 5.32 Å². The number of benzene rings is 2. The Morgan fingerprint density at radius 2 is 1.94 bits per heavy atom. The molecule has 0 aliphatic carbocycles. The highest BCUT2D eigenvalue weighted by atomic mass is 35.5. The fourth-order valence-corrected chi connectivity index (χ4v) is 3.88. The van der Waals surface area contributed by atoms with Crippen molar-refractivity contribution < 1.29 is 14.3 Å². The molecule has 1 amide bonds. The summed E-state index contributed by atoms with van der Waals surface area (Å²) in [7, 11) is 0. The van der Waals surface area contributed by atoms with Crippen LogP contribution in [0.2, 0.25) is 10.0 Å². The average molecular weight is 488 g/mol. The summed E-state index contributed by atoms with van der Waals surface area (Å²) in [4.78, 5) is 13.6. The molecule has 8 heteroatoms. The number of halogens is 3. The van der Waals surface area contributed by atoms with Gasteiger partial charge in [-0.05, 0) is 56.1 Å². The number of likely N-dealkylation sites (tertiary alicyclic amines) is 1. The van der Waals surface area contributed by atoms with E-state index in [0.717, 1.165) is 50.1 Å². The molecule has 2 aromatic rings. The average Bonchev–Trinajstić information content (AvgIpc) is 3.13. The smallest absolute Gasteiger partial charge is 0.222 e. The topological polar surface area (TPSA) is 50.8 Å². The van der Waals surface area contributed by atoms with Crippen molar-refractivity contribution >= 4 is 41.5 Å². The van der Waals surface area contributed by atoms with E-state index in [-0.39, 0.29) is 18.3 Å². The highest BCUT2D eigenvalue weighted by molar-refractivity contribution is 6.35. The zero-order chi connectivity index (χ0) is 21.3. The van der Waals surface area contributed by atoms with Gasteiger partial charge in [-0.1, -0.05) is 35.3 Å². The SMILES string of the molecule is CCOc1cc(CNCCCN2CCCC2=O)ccc1OCc1ccc(Cl)cc1Cl.Cl. The van der Waals surface area contributed by atoms with E-state index in [1.165, 1.54) is 0 Å². The van der Waals surface area contributed by atoms with E-state index in [1.807, 2.05) is 36.1 Å². The number of nitrogens with zero attached hydrogens (tertiary/aromatic N) is 1. The number of hydrogen-bond donors (Lipinski definition) is 1. The number of amides is 1. The minimum Gasteiger partial charge on any atom is -0.490 e. The Bertz CT molecular complexity index is 864. The highest BCUT2D eigenvalue weighted by Crippen LogP contribution is 2.30. The van der Waals surface area contributed by atoms with Crippen molar-refractivity contribution in [2.75, 3.05) is 26.2 Å². The van der Waals surface area contributed by atoms with Crippen molar-refractivity contribution in [3.63, 3.8) is 0 Å². The second-order valence-electron chi connectivity index (χ2n) is 7.25. The molecule has 31 heavy (non-hydrogen) atoms. The van der Waals surface area contributed by atoms with Crippen LogP contribution in [0.4, 0.5) is 0 Å². The molecule has 1 N–H and O–H groups in total. The minimum atomic E-state index is 0. The first-order valence-electron chi connectivity index (χ1n) is 10.4. The Hall–Kier alpha value is -1.66. The summed E-state index contributed by atoms with van der Waals surface area (Å²) in [5.74, 6) is 1.68. The van der Waals surface area contributed by atoms with Gasteiger partial charge in [-0.15, -0.1) is 12.4 Å². The Balaban J connectivity index is 0.00000341. The van der Waals surface area contributed by atoms with Gasteiger partial charge in [0.15, 0.2) is 11.5 Å². The van der Waals surface area contributed by atoms with Crippen molar-refractivity contribution in [3.8, 4) is 11.5 Å². The third kappa shape index (κ3) is 7.76. The van der Waals surface area contributed by atoms with E-state index < -0.39 is 0 Å². The molecule has 0 unspecified atom stereocenters. The Labute approximate surface area is 200 Å². The Morgan fingerprint density at radius 3 is 2.65 bits per heavy atom. The number of nitrogens with one attached hydrogen (secondary N) is 1. The maximum absolute atomic E-state index is 11.6. The van der Waals surface area contributed by atoms with Crippen LogP contribution in [0.25, 0.3) is 0 Å². The van der Waals surface area contributed by atoms with Crippen LogP contribution in [0.15, 0.2) is 36.4 Å². The number of carbonyl (C=O) groups excluding carboxylic acids is 1. The molecule has 1 aliphatic rings. The van der Waals surface area contributed by atoms with Gasteiger partial charge in [0.1, 0.15) is 6.61 Å². The van der Waals surface area contributed by atoms with Crippen molar-refractivity contribution in [1.29, 1.82) is 0 Å². The minimum absolute atomic E-state index is 0. The second-order valence-corrected chi connectivity index (χ2v) is 8.10. The van der Waals surface area contributed by atoms with Crippen molar-refractivity contribution in [3.05, 3.63) is 57.6 Å². The predicted molar refractivity (Wildman–Crippen MR) is 128 cm³/mol. The molecule has 0 aromatic heterocycles. The largest absolute Gasteiger partial charge is 0.490 e. The highest BCUT2D eigenvalue weighted by Gasteiger charge is 2.18. The lowest BCUT2D eigenvalue weighted by Gasteiger charge is -2.16. The first-order chi connectivity index (χ1) is 14.6. The van der Waals surface area contributed by atoms with Gasteiger partial charge in [0.2, 0.25) is 5.91 Å². The molecule has 0 bridgehead atoms. The quantitative estimate of drug-likeness (QED) is 0.426. The molecule has 170 valence electrons. The molecule has 0 atom stereocenters. The van der Waals surface area contributed by atoms with Gasteiger partial charge in [-0.3, -0.25) is 4.79 Å². The van der Waals surface area contributed by atoms with Crippen LogP contribution in [-0.4, -0.2) is 37.0 Å². The summed E-state index contributed by atoms with van der Waals surface area (Å²) in [5.41, 5.74) is 1.98. The van der Waals surface area contributed by atoms with Crippen molar-refractivity contribution in [2.24, 2.45) is 0 Å². The van der Waals surface area contributed by atoms with Gasteiger partial charge >= 0.3 is 0 Å². The zero-order valence-corrected chi connectivity index (χ0v) is 20.0. The van der Waals surface area contributed by atoms with Crippen LogP contribution in [-0.2, 0) is 17.9 Å². The number of rotatable bonds is 11. The maximum Gasteiger partial charge on any atom is 0.222 e. The Kier molecular flexibility index (Phi) is 10.7. The molecule has 5 nitrogen and oxygen atoms in total. The molecule has 1 saturated heterocycles. The van der Waals surface area contributed by atoms with Crippen LogP contribution < -0.4 is 14.8 Å². The van der Waals surface area contributed by atoms with Crippen LogP contribution >= 0.6 is 35.6 Å². The first kappa shape index (κ1) is 25.6. The number of hydrogen-bond acceptors (Lipinski definition) is 4. The second kappa shape index (κ2) is 13.0. The third-order valence-electron chi connectivity index (χ3n) is 4.99. The Morgan fingerprint density at radius 1 is 1.10 bits per heavy atom. The molecule has 0 radical (unpaired) electrons. The van der Waals surface area contributed by atoms with E-state index >= 15 is 0 Å². The molecule has 0 spiro atoms. The van der Waals surface area contributed by atoms with Crippen LogP contribution in [0.3, 0.4) is 0 Å². The van der Waals surface area contributed by atoms with Crippen LogP contribution in [0, 0.1) is 0 Å². The monoisotopic (exact) mass is 486 g/mol. The van der Waals surface area contributed by atoms with Crippen molar-refractivity contribution in [1.82, 2.24) is 10.2 Å². The number of ether oxygens (including phenoxy) is 2.